The summed E-state index contributed by atoms with van der Waals surface area (Å²) in [6, 6.07) is 14.1. The zero-order valence-electron chi connectivity index (χ0n) is 14.4. The molecule has 2 aromatic carbocycles. The van der Waals surface area contributed by atoms with E-state index >= 15 is 0 Å². The van der Waals surface area contributed by atoms with Crippen molar-refractivity contribution in [2.75, 3.05) is 19.0 Å². The lowest BCUT2D eigenvalue weighted by Crippen LogP contribution is -2.24. The van der Waals surface area contributed by atoms with Gasteiger partial charge in [0.25, 0.3) is 0 Å². The fraction of sp³-hybridized carbons (Fsp3) is 0.350. The number of halogens is 1. The van der Waals surface area contributed by atoms with Gasteiger partial charge in [-0.1, -0.05) is 24.3 Å². The Bertz CT molecular complexity index is 717. The topological polar surface area (TPSA) is 47.6 Å². The molecule has 0 bridgehead atoms. The maximum Gasteiger partial charge on any atom is 0.230 e. The van der Waals surface area contributed by atoms with Crippen molar-refractivity contribution < 1.29 is 18.7 Å². The number of nitrogens with one attached hydrogen (secondary N) is 1. The van der Waals surface area contributed by atoms with Gasteiger partial charge in [-0.05, 0) is 42.7 Å². The zero-order valence-corrected chi connectivity index (χ0v) is 15.3. The Hall–Kier alpha value is -2.05. The van der Waals surface area contributed by atoms with Crippen LogP contribution in [0.25, 0.3) is 0 Å². The minimum atomic E-state index is -0.302. The van der Waals surface area contributed by atoms with Crippen LogP contribution in [0.2, 0.25) is 0 Å². The number of rotatable bonds is 8. The number of hydrogen-bond acceptors (Lipinski definition) is 4. The number of hydrogen-bond donors (Lipinski definition) is 1. The van der Waals surface area contributed by atoms with Gasteiger partial charge in [0.15, 0.2) is 0 Å². The number of carbonyl (C=O) groups excluding carboxylic acids is 1. The molecular formula is C20H22FNO3S. The average Bonchev–Trinajstić information content (AvgIpc) is 3.18. The van der Waals surface area contributed by atoms with Crippen LogP contribution in [-0.4, -0.2) is 31.0 Å². The first kappa shape index (κ1) is 18.7. The number of ether oxygens (including phenoxy) is 2. The monoisotopic (exact) mass is 375 g/mol. The number of carbonyl (C=O) groups is 1. The van der Waals surface area contributed by atoms with Gasteiger partial charge in [-0.25, -0.2) is 4.39 Å². The predicted molar refractivity (Wildman–Crippen MR) is 99.9 cm³/mol. The summed E-state index contributed by atoms with van der Waals surface area (Å²) in [7, 11) is 0. The third kappa shape index (κ3) is 5.75. The van der Waals surface area contributed by atoms with Crippen molar-refractivity contribution in [3.63, 3.8) is 0 Å². The van der Waals surface area contributed by atoms with E-state index in [4.69, 9.17) is 9.47 Å². The Labute approximate surface area is 157 Å². The fourth-order valence-electron chi connectivity index (χ4n) is 2.63. The molecule has 1 aliphatic heterocycles. The second-order valence-electron chi connectivity index (χ2n) is 6.09. The van der Waals surface area contributed by atoms with Crippen LogP contribution in [-0.2, 0) is 16.1 Å². The van der Waals surface area contributed by atoms with E-state index in [0.29, 0.717) is 18.0 Å². The third-order valence-corrected chi connectivity index (χ3v) is 5.12. The SMILES string of the molecule is O=C(CSc1ccccc1F)NCc1ccc(OCC2CCCO2)cc1. The second-order valence-corrected chi connectivity index (χ2v) is 7.10. The standard InChI is InChI=1S/C20H22FNO3S/c21-18-5-1-2-6-19(18)26-14-20(23)22-12-15-7-9-16(10-8-15)25-13-17-4-3-11-24-17/h1-2,5-10,17H,3-4,11-14H2,(H,22,23). The highest BCUT2D eigenvalue weighted by atomic mass is 32.2. The molecular weight excluding hydrogens is 353 g/mol. The average molecular weight is 375 g/mol. The molecule has 0 aromatic heterocycles. The minimum Gasteiger partial charge on any atom is -0.491 e. The highest BCUT2D eigenvalue weighted by Crippen LogP contribution is 2.21. The van der Waals surface area contributed by atoms with E-state index in [2.05, 4.69) is 5.32 Å². The maximum atomic E-state index is 13.5. The number of benzene rings is 2. The summed E-state index contributed by atoms with van der Waals surface area (Å²) in [6.45, 7) is 1.83. The summed E-state index contributed by atoms with van der Waals surface area (Å²) in [6.07, 6.45) is 2.34. The Morgan fingerprint density at radius 1 is 1.23 bits per heavy atom. The molecule has 0 aliphatic carbocycles. The van der Waals surface area contributed by atoms with Gasteiger partial charge in [-0.15, -0.1) is 11.8 Å². The first-order chi connectivity index (χ1) is 12.7. The van der Waals surface area contributed by atoms with Crippen LogP contribution in [0.1, 0.15) is 18.4 Å². The molecule has 6 heteroatoms. The smallest absolute Gasteiger partial charge is 0.230 e. The van der Waals surface area contributed by atoms with E-state index in [1.54, 1.807) is 18.2 Å². The maximum absolute atomic E-state index is 13.5. The number of amides is 1. The van der Waals surface area contributed by atoms with E-state index in [0.717, 1.165) is 30.8 Å². The van der Waals surface area contributed by atoms with E-state index in [1.165, 1.54) is 17.8 Å². The van der Waals surface area contributed by atoms with Crippen molar-refractivity contribution >= 4 is 17.7 Å². The molecule has 1 atom stereocenters. The summed E-state index contributed by atoms with van der Waals surface area (Å²) in [4.78, 5) is 12.4. The van der Waals surface area contributed by atoms with Crippen LogP contribution in [0, 0.1) is 5.82 Å². The Morgan fingerprint density at radius 3 is 2.77 bits per heavy atom. The molecule has 1 saturated heterocycles. The lowest BCUT2D eigenvalue weighted by Gasteiger charge is -2.12. The van der Waals surface area contributed by atoms with Crippen LogP contribution in [0.3, 0.4) is 0 Å². The quantitative estimate of drug-likeness (QED) is 0.713. The van der Waals surface area contributed by atoms with Gasteiger partial charge in [0.2, 0.25) is 5.91 Å². The molecule has 2 aromatic rings. The summed E-state index contributed by atoms with van der Waals surface area (Å²) in [5, 5.41) is 2.84. The third-order valence-electron chi connectivity index (χ3n) is 4.07. The zero-order chi connectivity index (χ0) is 18.2. The van der Waals surface area contributed by atoms with E-state index in [-0.39, 0.29) is 23.6 Å². The Kier molecular flexibility index (Phi) is 6.91. The van der Waals surface area contributed by atoms with Gasteiger partial charge in [-0.2, -0.15) is 0 Å². The molecule has 1 unspecified atom stereocenters. The molecule has 1 amide bonds. The lowest BCUT2D eigenvalue weighted by molar-refractivity contribution is -0.118. The number of thioether (sulfide) groups is 1. The molecule has 1 fully saturated rings. The second kappa shape index (κ2) is 9.59. The molecule has 0 spiro atoms. The normalized spacial score (nSPS) is 16.4. The van der Waals surface area contributed by atoms with Crippen molar-refractivity contribution in [1.29, 1.82) is 0 Å². The van der Waals surface area contributed by atoms with Gasteiger partial charge in [0.1, 0.15) is 18.2 Å². The Balaban J connectivity index is 1.38. The van der Waals surface area contributed by atoms with Crippen LogP contribution in [0.5, 0.6) is 5.75 Å². The molecule has 138 valence electrons. The molecule has 1 heterocycles. The van der Waals surface area contributed by atoms with Crippen LogP contribution >= 0.6 is 11.8 Å². The van der Waals surface area contributed by atoms with Gasteiger partial charge in [-0.3, -0.25) is 4.79 Å². The van der Waals surface area contributed by atoms with Gasteiger partial charge in [0, 0.05) is 18.0 Å². The molecule has 1 aliphatic rings. The van der Waals surface area contributed by atoms with Crippen molar-refractivity contribution in [1.82, 2.24) is 5.32 Å². The molecule has 4 nitrogen and oxygen atoms in total. The Morgan fingerprint density at radius 2 is 2.04 bits per heavy atom. The fourth-order valence-corrected chi connectivity index (χ4v) is 3.39. The van der Waals surface area contributed by atoms with Gasteiger partial charge < -0.3 is 14.8 Å². The van der Waals surface area contributed by atoms with Crippen LogP contribution in [0.4, 0.5) is 4.39 Å². The van der Waals surface area contributed by atoms with Crippen molar-refractivity contribution in [2.45, 2.75) is 30.4 Å². The largest absolute Gasteiger partial charge is 0.491 e. The molecule has 0 saturated carbocycles. The molecule has 3 rings (SSSR count). The van der Waals surface area contributed by atoms with Crippen molar-refractivity contribution in [2.24, 2.45) is 0 Å². The summed E-state index contributed by atoms with van der Waals surface area (Å²) < 4.78 is 24.8. The van der Waals surface area contributed by atoms with Gasteiger partial charge in [0.05, 0.1) is 11.9 Å². The predicted octanol–water partition coefficient (Wildman–Crippen LogP) is 3.79. The van der Waals surface area contributed by atoms with Gasteiger partial charge >= 0.3 is 0 Å². The summed E-state index contributed by atoms with van der Waals surface area (Å²) in [5.41, 5.74) is 0.985. The molecule has 0 radical (unpaired) electrons. The summed E-state index contributed by atoms with van der Waals surface area (Å²) in [5.74, 6) is 0.551. The van der Waals surface area contributed by atoms with Crippen molar-refractivity contribution in [3.8, 4) is 5.75 Å². The molecule has 1 N–H and O–H groups in total. The van der Waals surface area contributed by atoms with Crippen molar-refractivity contribution in [3.05, 3.63) is 59.9 Å². The van der Waals surface area contributed by atoms with E-state index < -0.39 is 0 Å². The van der Waals surface area contributed by atoms with E-state index in [1.807, 2.05) is 24.3 Å². The highest BCUT2D eigenvalue weighted by molar-refractivity contribution is 8.00. The lowest BCUT2D eigenvalue weighted by atomic mass is 10.2. The minimum absolute atomic E-state index is 0.128. The van der Waals surface area contributed by atoms with Crippen LogP contribution < -0.4 is 10.1 Å². The first-order valence-electron chi connectivity index (χ1n) is 8.68. The van der Waals surface area contributed by atoms with Crippen LogP contribution in [0.15, 0.2) is 53.4 Å². The summed E-state index contributed by atoms with van der Waals surface area (Å²) >= 11 is 1.19. The first-order valence-corrected chi connectivity index (χ1v) is 9.66. The molecule has 26 heavy (non-hydrogen) atoms. The van der Waals surface area contributed by atoms with E-state index in [9.17, 15) is 9.18 Å². The highest BCUT2D eigenvalue weighted by Gasteiger charge is 2.15.